The molecule has 3 heteroatoms. The maximum Gasteiger partial charge on any atom is 0.240 e. The standard InChI is InChI=1S/C11H13FN2/c1-7(2)8-4-5-10-9(6-8)11(12)13-14(10)3/h4-7H,1-3H3. The maximum atomic E-state index is 13.3. The van der Waals surface area contributed by atoms with Crippen LogP contribution in [0.1, 0.15) is 25.3 Å². The van der Waals surface area contributed by atoms with Crippen LogP contribution in [0.5, 0.6) is 0 Å². The molecule has 0 fully saturated rings. The monoisotopic (exact) mass is 192 g/mol. The van der Waals surface area contributed by atoms with Gasteiger partial charge in [0, 0.05) is 7.05 Å². The van der Waals surface area contributed by atoms with Gasteiger partial charge in [0.05, 0.1) is 10.9 Å². The summed E-state index contributed by atoms with van der Waals surface area (Å²) in [5, 5.41) is 4.35. The molecule has 0 bridgehead atoms. The van der Waals surface area contributed by atoms with Crippen molar-refractivity contribution < 1.29 is 4.39 Å². The molecule has 0 amide bonds. The number of nitrogens with zero attached hydrogens (tertiary/aromatic N) is 2. The highest BCUT2D eigenvalue weighted by Gasteiger charge is 2.09. The number of rotatable bonds is 1. The molecule has 0 radical (unpaired) electrons. The van der Waals surface area contributed by atoms with Crippen molar-refractivity contribution in [3.05, 3.63) is 29.7 Å². The molecule has 0 saturated carbocycles. The molecule has 1 aromatic heterocycles. The Morgan fingerprint density at radius 2 is 2.07 bits per heavy atom. The first-order chi connectivity index (χ1) is 6.59. The van der Waals surface area contributed by atoms with Crippen LogP contribution >= 0.6 is 0 Å². The van der Waals surface area contributed by atoms with Gasteiger partial charge in [0.25, 0.3) is 0 Å². The van der Waals surface area contributed by atoms with Crippen LogP contribution in [-0.2, 0) is 7.05 Å². The normalized spacial score (nSPS) is 11.5. The van der Waals surface area contributed by atoms with Crippen LogP contribution in [0, 0.1) is 5.95 Å². The first kappa shape index (κ1) is 9.19. The van der Waals surface area contributed by atoms with Crippen molar-refractivity contribution in [2.45, 2.75) is 19.8 Å². The van der Waals surface area contributed by atoms with E-state index in [1.54, 1.807) is 11.7 Å². The van der Waals surface area contributed by atoms with Gasteiger partial charge < -0.3 is 0 Å². The molecule has 0 unspecified atom stereocenters. The third-order valence-electron chi connectivity index (χ3n) is 2.50. The van der Waals surface area contributed by atoms with Crippen LogP contribution in [0.3, 0.4) is 0 Å². The van der Waals surface area contributed by atoms with Gasteiger partial charge in [-0.05, 0) is 23.6 Å². The summed E-state index contributed by atoms with van der Waals surface area (Å²) in [7, 11) is 1.75. The Morgan fingerprint density at radius 3 is 2.71 bits per heavy atom. The molecule has 1 aromatic carbocycles. The smallest absolute Gasteiger partial charge is 0.240 e. The number of halogens is 1. The van der Waals surface area contributed by atoms with Crippen molar-refractivity contribution in [1.29, 1.82) is 0 Å². The molecule has 1 heterocycles. The van der Waals surface area contributed by atoms with Crippen molar-refractivity contribution in [3.8, 4) is 0 Å². The Bertz CT molecular complexity index is 471. The Labute approximate surface area is 82.3 Å². The van der Waals surface area contributed by atoms with Gasteiger partial charge in [0.1, 0.15) is 0 Å². The minimum Gasteiger partial charge on any atom is -0.265 e. The van der Waals surface area contributed by atoms with E-state index in [1.165, 1.54) is 0 Å². The number of fused-ring (bicyclic) bond motifs is 1. The van der Waals surface area contributed by atoms with Gasteiger partial charge in [-0.25, -0.2) is 0 Å². The number of hydrogen-bond donors (Lipinski definition) is 0. The first-order valence-electron chi connectivity index (χ1n) is 4.71. The summed E-state index contributed by atoms with van der Waals surface area (Å²) in [6.45, 7) is 4.19. The Balaban J connectivity index is 2.71. The van der Waals surface area contributed by atoms with E-state index >= 15 is 0 Å². The molecule has 74 valence electrons. The van der Waals surface area contributed by atoms with Gasteiger partial charge >= 0.3 is 0 Å². The molecule has 0 aliphatic rings. The lowest BCUT2D eigenvalue weighted by atomic mass is 10.0. The molecule has 0 atom stereocenters. The van der Waals surface area contributed by atoms with Crippen LogP contribution < -0.4 is 0 Å². The van der Waals surface area contributed by atoms with Crippen LogP contribution in [0.4, 0.5) is 4.39 Å². The lowest BCUT2D eigenvalue weighted by molar-refractivity contribution is 0.562. The van der Waals surface area contributed by atoms with Crippen LogP contribution in [0.2, 0.25) is 0 Å². The van der Waals surface area contributed by atoms with Gasteiger partial charge in [-0.2, -0.15) is 4.39 Å². The van der Waals surface area contributed by atoms with E-state index in [0.29, 0.717) is 11.3 Å². The summed E-state index contributed by atoms with van der Waals surface area (Å²) in [5.74, 6) is 0.0315. The molecular formula is C11H13FN2. The molecule has 0 saturated heterocycles. The highest BCUT2D eigenvalue weighted by atomic mass is 19.1. The van der Waals surface area contributed by atoms with Crippen molar-refractivity contribution >= 4 is 10.9 Å². The summed E-state index contributed by atoms with van der Waals surface area (Å²) < 4.78 is 14.9. The lowest BCUT2D eigenvalue weighted by Crippen LogP contribution is -1.90. The van der Waals surface area contributed by atoms with Crippen LogP contribution in [0.15, 0.2) is 18.2 Å². The third-order valence-corrected chi connectivity index (χ3v) is 2.50. The van der Waals surface area contributed by atoms with Crippen molar-refractivity contribution in [1.82, 2.24) is 9.78 Å². The Kier molecular flexibility index (Phi) is 2.02. The molecule has 2 rings (SSSR count). The fourth-order valence-electron chi connectivity index (χ4n) is 1.60. The van der Waals surface area contributed by atoms with E-state index in [2.05, 4.69) is 18.9 Å². The summed E-state index contributed by atoms with van der Waals surface area (Å²) in [5.41, 5.74) is 1.98. The minimum atomic E-state index is -0.384. The highest BCUT2D eigenvalue weighted by Crippen LogP contribution is 2.22. The van der Waals surface area contributed by atoms with Gasteiger partial charge in [-0.15, -0.1) is 5.10 Å². The SMILES string of the molecule is CC(C)c1ccc2c(c1)c(F)nn2C. The summed E-state index contributed by atoms with van der Waals surface area (Å²) in [6, 6.07) is 5.82. The number of aryl methyl sites for hydroxylation is 1. The molecule has 0 aliphatic carbocycles. The first-order valence-corrected chi connectivity index (χ1v) is 4.71. The van der Waals surface area contributed by atoms with E-state index < -0.39 is 0 Å². The Hall–Kier alpha value is -1.38. The third kappa shape index (κ3) is 1.29. The van der Waals surface area contributed by atoms with E-state index in [1.807, 2.05) is 18.2 Å². The summed E-state index contributed by atoms with van der Waals surface area (Å²) in [6.07, 6.45) is 0. The predicted molar refractivity (Wildman–Crippen MR) is 54.8 cm³/mol. The minimum absolute atomic E-state index is 0.384. The van der Waals surface area contributed by atoms with Crippen molar-refractivity contribution in [3.63, 3.8) is 0 Å². The highest BCUT2D eigenvalue weighted by molar-refractivity contribution is 5.80. The van der Waals surface area contributed by atoms with Gasteiger partial charge in [-0.1, -0.05) is 19.9 Å². The van der Waals surface area contributed by atoms with E-state index in [4.69, 9.17) is 0 Å². The zero-order chi connectivity index (χ0) is 10.3. The van der Waals surface area contributed by atoms with Crippen LogP contribution in [0.25, 0.3) is 10.9 Å². The lowest BCUT2D eigenvalue weighted by Gasteiger charge is -2.04. The predicted octanol–water partition coefficient (Wildman–Crippen LogP) is 2.84. The molecule has 14 heavy (non-hydrogen) atoms. The van der Waals surface area contributed by atoms with Crippen molar-refractivity contribution in [2.24, 2.45) is 7.05 Å². The van der Waals surface area contributed by atoms with Gasteiger partial charge in [0.15, 0.2) is 0 Å². The fourth-order valence-corrected chi connectivity index (χ4v) is 1.60. The second-order valence-electron chi connectivity index (χ2n) is 3.85. The number of aromatic nitrogens is 2. The Morgan fingerprint density at radius 1 is 1.36 bits per heavy atom. The maximum absolute atomic E-state index is 13.3. The fraction of sp³-hybridized carbons (Fsp3) is 0.364. The average Bonchev–Trinajstić information content (AvgIpc) is 2.42. The van der Waals surface area contributed by atoms with Crippen LogP contribution in [-0.4, -0.2) is 9.78 Å². The topological polar surface area (TPSA) is 17.8 Å². The number of benzene rings is 1. The van der Waals surface area contributed by atoms with Gasteiger partial charge in [0.2, 0.25) is 5.95 Å². The second kappa shape index (κ2) is 3.08. The quantitative estimate of drug-likeness (QED) is 0.679. The van der Waals surface area contributed by atoms with Gasteiger partial charge in [-0.3, -0.25) is 4.68 Å². The zero-order valence-electron chi connectivity index (χ0n) is 8.58. The van der Waals surface area contributed by atoms with E-state index in [0.717, 1.165) is 11.1 Å². The summed E-state index contributed by atoms with van der Waals surface area (Å²) in [4.78, 5) is 0. The zero-order valence-corrected chi connectivity index (χ0v) is 8.58. The number of hydrogen-bond acceptors (Lipinski definition) is 1. The molecule has 0 N–H and O–H groups in total. The molecule has 0 spiro atoms. The van der Waals surface area contributed by atoms with Crippen molar-refractivity contribution in [2.75, 3.05) is 0 Å². The van der Waals surface area contributed by atoms with E-state index in [9.17, 15) is 4.39 Å². The molecular weight excluding hydrogens is 179 g/mol. The molecule has 2 nitrogen and oxygen atoms in total. The van der Waals surface area contributed by atoms with E-state index in [-0.39, 0.29) is 5.95 Å². The molecule has 0 aliphatic heterocycles. The summed E-state index contributed by atoms with van der Waals surface area (Å²) >= 11 is 0. The largest absolute Gasteiger partial charge is 0.265 e. The molecule has 2 aromatic rings. The average molecular weight is 192 g/mol. The second-order valence-corrected chi connectivity index (χ2v) is 3.85.